The fraction of sp³-hybridized carbons (Fsp3) is 0.125. The molecule has 0 unspecified atom stereocenters. The number of nitrogens with two attached hydrogens (primary N) is 1. The van der Waals surface area contributed by atoms with Gasteiger partial charge in [-0.2, -0.15) is 0 Å². The molecule has 0 fully saturated rings. The molecule has 1 aromatic carbocycles. The standard InChI is InChI=1S/C8H10N2S.ClH/c1-5-3-2-4-6(7(5)11)8(9)10;/h2-4,11H,1H3,(H3,9,10);1H. The zero-order valence-corrected chi connectivity index (χ0v) is 8.38. The summed E-state index contributed by atoms with van der Waals surface area (Å²) in [6, 6.07) is 5.60. The third-order valence-electron chi connectivity index (χ3n) is 1.53. The van der Waals surface area contributed by atoms with E-state index in [2.05, 4.69) is 12.6 Å². The second kappa shape index (κ2) is 4.38. The summed E-state index contributed by atoms with van der Waals surface area (Å²) in [5.41, 5.74) is 7.06. The molecular weight excluding hydrogens is 192 g/mol. The Kier molecular flexibility index (Phi) is 4.13. The number of aryl methyl sites for hydroxylation is 1. The molecule has 12 heavy (non-hydrogen) atoms. The Balaban J connectivity index is 0.00000121. The van der Waals surface area contributed by atoms with E-state index in [1.165, 1.54) is 0 Å². The molecule has 0 aliphatic rings. The lowest BCUT2D eigenvalue weighted by Gasteiger charge is -2.04. The minimum absolute atomic E-state index is 0. The van der Waals surface area contributed by atoms with Crippen LogP contribution in [0.3, 0.4) is 0 Å². The maximum Gasteiger partial charge on any atom is 0.123 e. The molecule has 0 saturated carbocycles. The van der Waals surface area contributed by atoms with E-state index < -0.39 is 0 Å². The second-order valence-electron chi connectivity index (χ2n) is 2.38. The van der Waals surface area contributed by atoms with Crippen molar-refractivity contribution in [2.24, 2.45) is 5.73 Å². The van der Waals surface area contributed by atoms with Gasteiger partial charge < -0.3 is 5.73 Å². The van der Waals surface area contributed by atoms with E-state index in [-0.39, 0.29) is 18.2 Å². The first-order valence-corrected chi connectivity index (χ1v) is 3.70. The highest BCUT2D eigenvalue weighted by atomic mass is 35.5. The van der Waals surface area contributed by atoms with E-state index in [1.807, 2.05) is 19.1 Å². The molecule has 0 aliphatic carbocycles. The molecule has 1 rings (SSSR count). The third kappa shape index (κ3) is 2.16. The Labute approximate surface area is 83.5 Å². The summed E-state index contributed by atoms with van der Waals surface area (Å²) < 4.78 is 0. The van der Waals surface area contributed by atoms with Crippen LogP contribution in [0.5, 0.6) is 0 Å². The lowest BCUT2D eigenvalue weighted by Crippen LogP contribution is -2.12. The minimum Gasteiger partial charge on any atom is -0.384 e. The fourth-order valence-corrected chi connectivity index (χ4v) is 1.15. The smallest absolute Gasteiger partial charge is 0.123 e. The molecule has 0 aliphatic heterocycles. The number of thiol groups is 1. The van der Waals surface area contributed by atoms with Crippen molar-refractivity contribution in [3.05, 3.63) is 29.3 Å². The largest absolute Gasteiger partial charge is 0.384 e. The number of hydrogen-bond acceptors (Lipinski definition) is 2. The minimum atomic E-state index is 0. The Bertz CT molecular complexity index is 299. The first-order valence-electron chi connectivity index (χ1n) is 3.26. The van der Waals surface area contributed by atoms with Gasteiger partial charge in [0.1, 0.15) is 5.84 Å². The summed E-state index contributed by atoms with van der Waals surface area (Å²) in [7, 11) is 0. The average Bonchev–Trinajstić information content (AvgIpc) is 1.94. The van der Waals surface area contributed by atoms with Gasteiger partial charge in [0.25, 0.3) is 0 Å². The van der Waals surface area contributed by atoms with Crippen LogP contribution < -0.4 is 5.73 Å². The highest BCUT2D eigenvalue weighted by molar-refractivity contribution is 7.80. The molecule has 0 bridgehead atoms. The Morgan fingerprint density at radius 3 is 2.50 bits per heavy atom. The first-order chi connectivity index (χ1) is 5.13. The maximum absolute atomic E-state index is 7.20. The topological polar surface area (TPSA) is 49.9 Å². The molecule has 0 radical (unpaired) electrons. The molecule has 66 valence electrons. The van der Waals surface area contributed by atoms with Crippen LogP contribution >= 0.6 is 25.0 Å². The fourth-order valence-electron chi connectivity index (χ4n) is 0.876. The third-order valence-corrected chi connectivity index (χ3v) is 2.12. The van der Waals surface area contributed by atoms with Crippen molar-refractivity contribution < 1.29 is 0 Å². The maximum atomic E-state index is 7.20. The summed E-state index contributed by atoms with van der Waals surface area (Å²) >= 11 is 4.23. The van der Waals surface area contributed by atoms with Crippen LogP contribution in [0.4, 0.5) is 0 Å². The van der Waals surface area contributed by atoms with Crippen LogP contribution in [0.2, 0.25) is 0 Å². The molecule has 1 aromatic rings. The van der Waals surface area contributed by atoms with Crippen LogP contribution in [0, 0.1) is 12.3 Å². The summed E-state index contributed by atoms with van der Waals surface area (Å²) in [4.78, 5) is 0.792. The Morgan fingerprint density at radius 2 is 2.08 bits per heavy atom. The first kappa shape index (κ1) is 11.3. The highest BCUT2D eigenvalue weighted by Crippen LogP contribution is 2.17. The molecule has 2 nitrogen and oxygen atoms in total. The summed E-state index contributed by atoms with van der Waals surface area (Å²) in [6.45, 7) is 1.94. The van der Waals surface area contributed by atoms with E-state index >= 15 is 0 Å². The lowest BCUT2D eigenvalue weighted by molar-refractivity contribution is 1.26. The van der Waals surface area contributed by atoms with Gasteiger partial charge in [-0.1, -0.05) is 18.2 Å². The number of benzene rings is 1. The molecular formula is C8H11ClN2S. The second-order valence-corrected chi connectivity index (χ2v) is 2.83. The lowest BCUT2D eigenvalue weighted by atomic mass is 10.1. The number of halogens is 1. The Morgan fingerprint density at radius 1 is 1.50 bits per heavy atom. The molecule has 0 heterocycles. The van der Waals surface area contributed by atoms with E-state index in [0.29, 0.717) is 5.56 Å². The van der Waals surface area contributed by atoms with Crippen molar-refractivity contribution >= 4 is 30.9 Å². The number of nitrogens with one attached hydrogen (secondary N) is 1. The van der Waals surface area contributed by atoms with Crippen LogP contribution in [0.25, 0.3) is 0 Å². The quantitative estimate of drug-likeness (QED) is 0.364. The van der Waals surface area contributed by atoms with Crippen molar-refractivity contribution in [1.82, 2.24) is 0 Å². The Hall–Kier alpha value is -0.670. The van der Waals surface area contributed by atoms with Crippen molar-refractivity contribution in [3.8, 4) is 0 Å². The van der Waals surface area contributed by atoms with Gasteiger partial charge in [0.2, 0.25) is 0 Å². The SMILES string of the molecule is Cc1cccc(C(=N)N)c1S.Cl. The number of amidine groups is 1. The predicted octanol–water partition coefficient (Wildman–Crippen LogP) is 1.99. The normalized spacial score (nSPS) is 8.83. The molecule has 0 atom stereocenters. The van der Waals surface area contributed by atoms with Gasteiger partial charge in [-0.25, -0.2) is 0 Å². The van der Waals surface area contributed by atoms with E-state index in [4.69, 9.17) is 11.1 Å². The van der Waals surface area contributed by atoms with E-state index in [1.54, 1.807) is 6.07 Å². The average molecular weight is 203 g/mol. The highest BCUT2D eigenvalue weighted by Gasteiger charge is 2.02. The molecule has 3 N–H and O–H groups in total. The predicted molar refractivity (Wildman–Crippen MR) is 56.7 cm³/mol. The van der Waals surface area contributed by atoms with Crippen molar-refractivity contribution in [3.63, 3.8) is 0 Å². The van der Waals surface area contributed by atoms with Crippen molar-refractivity contribution in [2.75, 3.05) is 0 Å². The van der Waals surface area contributed by atoms with Crippen molar-refractivity contribution in [1.29, 1.82) is 5.41 Å². The molecule has 0 amide bonds. The van der Waals surface area contributed by atoms with Gasteiger partial charge in [-0.15, -0.1) is 25.0 Å². The monoisotopic (exact) mass is 202 g/mol. The van der Waals surface area contributed by atoms with Crippen molar-refractivity contribution in [2.45, 2.75) is 11.8 Å². The molecule has 0 saturated heterocycles. The van der Waals surface area contributed by atoms with Crippen LogP contribution in [-0.4, -0.2) is 5.84 Å². The van der Waals surface area contributed by atoms with Crippen LogP contribution in [-0.2, 0) is 0 Å². The van der Waals surface area contributed by atoms with Crippen LogP contribution in [0.15, 0.2) is 23.1 Å². The van der Waals surface area contributed by atoms with Gasteiger partial charge in [-0.3, -0.25) is 5.41 Å². The van der Waals surface area contributed by atoms with Gasteiger partial charge in [0.05, 0.1) is 0 Å². The number of hydrogen-bond donors (Lipinski definition) is 3. The summed E-state index contributed by atoms with van der Waals surface area (Å²) in [5.74, 6) is 0.0682. The molecule has 0 spiro atoms. The zero-order valence-electron chi connectivity index (χ0n) is 6.66. The molecule has 0 aromatic heterocycles. The van der Waals surface area contributed by atoms with Gasteiger partial charge in [0.15, 0.2) is 0 Å². The van der Waals surface area contributed by atoms with Gasteiger partial charge >= 0.3 is 0 Å². The number of rotatable bonds is 1. The van der Waals surface area contributed by atoms with Gasteiger partial charge in [0, 0.05) is 10.5 Å². The molecule has 4 heteroatoms. The van der Waals surface area contributed by atoms with Crippen LogP contribution in [0.1, 0.15) is 11.1 Å². The number of nitrogen functional groups attached to an aromatic ring is 1. The summed E-state index contributed by atoms with van der Waals surface area (Å²) in [6.07, 6.45) is 0. The summed E-state index contributed by atoms with van der Waals surface area (Å²) in [5, 5.41) is 7.20. The van der Waals surface area contributed by atoms with E-state index in [9.17, 15) is 0 Å². The van der Waals surface area contributed by atoms with E-state index in [0.717, 1.165) is 10.5 Å². The van der Waals surface area contributed by atoms with Gasteiger partial charge in [-0.05, 0) is 12.5 Å². The zero-order chi connectivity index (χ0) is 8.43.